The highest BCUT2D eigenvalue weighted by molar-refractivity contribution is 5.74. The van der Waals surface area contributed by atoms with Gasteiger partial charge in [0.15, 0.2) is 24.6 Å². The van der Waals surface area contributed by atoms with Gasteiger partial charge in [0, 0.05) is 19.3 Å². The molecule has 1 fully saturated rings. The van der Waals surface area contributed by atoms with Crippen LogP contribution in [0.1, 0.15) is 252 Å². The smallest absolute Gasteiger partial charge is 0.335 e. The maximum Gasteiger partial charge on any atom is 0.335 e. The lowest BCUT2D eigenvalue weighted by molar-refractivity contribution is -0.301. The van der Waals surface area contributed by atoms with Crippen molar-refractivity contribution in [3.05, 3.63) is 146 Å². The molecule has 12 nitrogen and oxygen atoms in total. The Morgan fingerprint density at radius 2 is 0.747 bits per heavy atom. The number of carbonyl (C=O) groups is 4. The van der Waals surface area contributed by atoms with E-state index in [2.05, 4.69) is 154 Å². The van der Waals surface area contributed by atoms with Crippen molar-refractivity contribution in [2.45, 2.75) is 289 Å². The molecule has 1 saturated heterocycles. The van der Waals surface area contributed by atoms with E-state index in [4.69, 9.17) is 23.7 Å². The fraction of sp³-hybridized carbons (Fsp3) is 0.627. The van der Waals surface area contributed by atoms with Crippen LogP contribution in [0.5, 0.6) is 0 Å². The third-order valence-corrected chi connectivity index (χ3v) is 14.4. The van der Waals surface area contributed by atoms with Crippen LogP contribution in [0.4, 0.5) is 0 Å². The first kappa shape index (κ1) is 79.6. The van der Waals surface area contributed by atoms with Gasteiger partial charge in [-0.3, -0.25) is 14.4 Å². The molecule has 0 bridgehead atoms. The molecule has 0 spiro atoms. The van der Waals surface area contributed by atoms with Crippen LogP contribution >= 0.6 is 0 Å². The van der Waals surface area contributed by atoms with Crippen LogP contribution in [0.3, 0.4) is 0 Å². The van der Waals surface area contributed by atoms with Crippen LogP contribution in [0.2, 0.25) is 0 Å². The predicted octanol–water partition coefficient (Wildman–Crippen LogP) is 18.7. The summed E-state index contributed by atoms with van der Waals surface area (Å²) < 4.78 is 28.5. The predicted molar refractivity (Wildman–Crippen MR) is 358 cm³/mol. The summed E-state index contributed by atoms with van der Waals surface area (Å²) >= 11 is 0. The topological polar surface area (TPSA) is 175 Å². The van der Waals surface area contributed by atoms with E-state index in [1.54, 1.807) is 0 Å². The number of aliphatic hydroxyl groups excluding tert-OH is 2. The normalized spacial score (nSPS) is 18.3. The molecule has 1 rings (SSSR count). The SMILES string of the molecule is CC/C=C\C/C=C\C/C=C\C/C=C\C/C=C\C/C=C\CCC(=O)OCC(COC1OC(C(=O)O)C(O)C(O)C1OC(=O)CCCCCCCCCCC/C=C\CCCCCCCC)OC(=O)CCCCC/C=C\C/C=C\C/C=C\C/C=C\C/C=C\CC. The molecule has 3 N–H and O–H groups in total. The Kier molecular flexibility index (Phi) is 55.7. The maximum atomic E-state index is 13.2. The number of aliphatic hydroxyl groups is 2. The Balaban J connectivity index is 2.73. The number of esters is 3. The second-order valence-electron chi connectivity index (χ2n) is 22.3. The second-order valence-corrected chi connectivity index (χ2v) is 22.3. The van der Waals surface area contributed by atoms with Crippen LogP contribution in [0.15, 0.2) is 146 Å². The molecule has 6 unspecified atom stereocenters. The van der Waals surface area contributed by atoms with Crippen molar-refractivity contribution in [3.8, 4) is 0 Å². The minimum absolute atomic E-state index is 0.0395. The number of hydrogen-bond acceptors (Lipinski definition) is 11. The summed E-state index contributed by atoms with van der Waals surface area (Å²) in [5.74, 6) is -3.29. The van der Waals surface area contributed by atoms with E-state index < -0.39 is 67.3 Å². The number of aliphatic carboxylic acids is 1. The van der Waals surface area contributed by atoms with E-state index in [0.717, 1.165) is 116 Å². The first-order chi connectivity index (χ1) is 42.6. The molecule has 0 aromatic rings. The average Bonchev–Trinajstić information content (AvgIpc) is 2.56. The number of carbonyl (C=O) groups excluding carboxylic acids is 3. The minimum Gasteiger partial charge on any atom is -0.479 e. The summed E-state index contributed by atoms with van der Waals surface area (Å²) in [6.45, 7) is 5.69. The van der Waals surface area contributed by atoms with E-state index in [0.29, 0.717) is 25.7 Å². The van der Waals surface area contributed by atoms with Crippen LogP contribution in [-0.2, 0) is 42.9 Å². The minimum atomic E-state index is -1.93. The highest BCUT2D eigenvalue weighted by Gasteiger charge is 2.50. The van der Waals surface area contributed by atoms with Gasteiger partial charge in [0.05, 0.1) is 6.61 Å². The zero-order valence-electron chi connectivity index (χ0n) is 54.2. The Hall–Kier alpha value is -5.40. The van der Waals surface area contributed by atoms with Crippen molar-refractivity contribution in [2.24, 2.45) is 0 Å². The van der Waals surface area contributed by atoms with Crippen LogP contribution in [-0.4, -0.2) is 89.2 Å². The summed E-state index contributed by atoms with van der Waals surface area (Å²) in [5.41, 5.74) is 0. The van der Waals surface area contributed by atoms with Gasteiger partial charge >= 0.3 is 23.9 Å². The van der Waals surface area contributed by atoms with Gasteiger partial charge in [-0.1, -0.05) is 250 Å². The standard InChI is InChI=1S/C75H118O12/c1-4-7-10-13-16-19-22-25-28-31-34-37-40-43-46-49-52-55-58-61-67(76)83-64-66(85-68(77)62-59-56-53-50-47-44-41-38-35-32-29-26-23-20-17-14-11-8-5-2)65-84-75-73(71(80)70(79)72(87-75)74(81)82)86-69(78)63-60-57-54-51-48-45-42-39-36-33-30-27-24-21-18-15-12-9-6-3/h7-8,10-11,16-17,19-20,25-30,34-35,37-38,43-44,46-47,52,55,66,70-73,75,79-80H,4-6,9,12-15,18,21-24,31-33,36,39-42,45,48-51,53-54,56-65H2,1-3H3,(H,81,82)/b10-7-,11-8-,19-16-,20-17-,28-25-,29-26-,30-27-,37-34-,38-35-,46-43-,47-44-,55-52-. The molecule has 1 heterocycles. The molecule has 1 aliphatic heterocycles. The average molecular weight is 1210 g/mol. The zero-order chi connectivity index (χ0) is 63.1. The van der Waals surface area contributed by atoms with Crippen LogP contribution in [0, 0.1) is 0 Å². The van der Waals surface area contributed by atoms with Gasteiger partial charge in [0.25, 0.3) is 0 Å². The maximum absolute atomic E-state index is 13.2. The van der Waals surface area contributed by atoms with Gasteiger partial charge in [-0.25, -0.2) is 4.79 Å². The van der Waals surface area contributed by atoms with Crippen molar-refractivity contribution >= 4 is 23.9 Å². The molecule has 87 heavy (non-hydrogen) atoms. The lowest BCUT2D eigenvalue weighted by atomic mass is 9.98. The number of carboxylic acids is 1. The summed E-state index contributed by atoms with van der Waals surface area (Å²) in [4.78, 5) is 51.4. The van der Waals surface area contributed by atoms with Crippen LogP contribution < -0.4 is 0 Å². The second kappa shape index (κ2) is 60.9. The molecule has 0 aromatic heterocycles. The summed E-state index contributed by atoms with van der Waals surface area (Å²) in [6.07, 6.45) is 75.3. The summed E-state index contributed by atoms with van der Waals surface area (Å²) in [7, 11) is 0. The van der Waals surface area contributed by atoms with Gasteiger partial charge in [0.1, 0.15) is 18.8 Å². The van der Waals surface area contributed by atoms with Crippen molar-refractivity contribution in [2.75, 3.05) is 13.2 Å². The highest BCUT2D eigenvalue weighted by atomic mass is 16.7. The Labute approximate surface area is 527 Å². The number of rotatable bonds is 56. The lowest BCUT2D eigenvalue weighted by Gasteiger charge is -2.40. The number of carboxylic acid groups (broad SMARTS) is 1. The largest absolute Gasteiger partial charge is 0.479 e. The summed E-state index contributed by atoms with van der Waals surface area (Å²) in [5, 5.41) is 31.7. The van der Waals surface area contributed by atoms with E-state index in [1.165, 1.54) is 70.6 Å². The number of unbranched alkanes of at least 4 members (excludes halogenated alkanes) is 18. The van der Waals surface area contributed by atoms with E-state index >= 15 is 0 Å². The molecule has 0 aliphatic carbocycles. The number of allylic oxidation sites excluding steroid dienone is 24. The third-order valence-electron chi connectivity index (χ3n) is 14.4. The van der Waals surface area contributed by atoms with E-state index in [1.807, 2.05) is 12.2 Å². The molecule has 0 aromatic carbocycles. The Bertz CT molecular complexity index is 2070. The quantitative estimate of drug-likeness (QED) is 0.0228. The van der Waals surface area contributed by atoms with Gasteiger partial charge < -0.3 is 39.0 Å². The molecule has 1 aliphatic rings. The van der Waals surface area contributed by atoms with Crippen molar-refractivity contribution in [1.82, 2.24) is 0 Å². The van der Waals surface area contributed by atoms with Gasteiger partial charge in [0.2, 0.25) is 0 Å². The molecule has 12 heteroatoms. The van der Waals surface area contributed by atoms with Crippen molar-refractivity contribution < 1.29 is 58.2 Å². The van der Waals surface area contributed by atoms with Crippen molar-refractivity contribution in [3.63, 3.8) is 0 Å². The molecule has 0 saturated carbocycles. The molecular weight excluding hydrogens is 1090 g/mol. The van der Waals surface area contributed by atoms with Crippen molar-refractivity contribution in [1.29, 1.82) is 0 Å². The van der Waals surface area contributed by atoms with Gasteiger partial charge in [-0.2, -0.15) is 0 Å². The van der Waals surface area contributed by atoms with Gasteiger partial charge in [-0.05, 0) is 128 Å². The Morgan fingerprint density at radius 1 is 0.391 bits per heavy atom. The zero-order valence-corrected chi connectivity index (χ0v) is 54.2. The molecule has 6 atom stereocenters. The van der Waals surface area contributed by atoms with E-state index in [9.17, 15) is 34.5 Å². The van der Waals surface area contributed by atoms with Crippen LogP contribution in [0.25, 0.3) is 0 Å². The third kappa shape index (κ3) is 50.2. The fourth-order valence-corrected chi connectivity index (χ4v) is 9.30. The van der Waals surface area contributed by atoms with E-state index in [-0.39, 0.29) is 25.9 Å². The number of ether oxygens (including phenoxy) is 5. The first-order valence-electron chi connectivity index (χ1n) is 33.8. The summed E-state index contributed by atoms with van der Waals surface area (Å²) in [6, 6.07) is 0. The first-order valence-corrected chi connectivity index (χ1v) is 33.8. The molecule has 490 valence electrons. The molecule has 0 radical (unpaired) electrons. The fourth-order valence-electron chi connectivity index (χ4n) is 9.30. The number of hydrogen-bond donors (Lipinski definition) is 3. The van der Waals surface area contributed by atoms with Gasteiger partial charge in [-0.15, -0.1) is 0 Å². The molecule has 0 amide bonds. The Morgan fingerprint density at radius 3 is 1.17 bits per heavy atom. The lowest BCUT2D eigenvalue weighted by Crippen LogP contribution is -2.61. The highest BCUT2D eigenvalue weighted by Crippen LogP contribution is 2.26. The monoisotopic (exact) mass is 1210 g/mol. The molecular formula is C75H118O12.